The van der Waals surface area contributed by atoms with Gasteiger partial charge >= 0.3 is 0 Å². The summed E-state index contributed by atoms with van der Waals surface area (Å²) >= 11 is 0. The number of carbonyl (C=O) groups is 1. The van der Waals surface area contributed by atoms with E-state index in [1.54, 1.807) is 0 Å². The number of piperazine rings is 1. The number of hydrogen-bond acceptors (Lipinski definition) is 5. The van der Waals surface area contributed by atoms with E-state index in [1.807, 2.05) is 0 Å². The van der Waals surface area contributed by atoms with E-state index in [9.17, 15) is 4.79 Å². The van der Waals surface area contributed by atoms with Crippen LogP contribution in [-0.4, -0.2) is 98.4 Å². The number of ether oxygens (including phenoxy) is 2. The summed E-state index contributed by atoms with van der Waals surface area (Å²) in [6.45, 7) is 8.82. The SMILES string of the molecule is CN1CCN(C2CCOC3(CCN(C(=O)C4CCOCC4)CC3)C2)CC1. The lowest BCUT2D eigenvalue weighted by Crippen LogP contribution is -2.57. The lowest BCUT2D eigenvalue weighted by atomic mass is 9.81. The van der Waals surface area contributed by atoms with Gasteiger partial charge in [-0.2, -0.15) is 0 Å². The molecule has 4 saturated heterocycles. The number of hydrogen-bond donors (Lipinski definition) is 0. The molecule has 4 aliphatic heterocycles. The first-order chi connectivity index (χ1) is 12.7. The highest BCUT2D eigenvalue weighted by atomic mass is 16.5. The van der Waals surface area contributed by atoms with Gasteiger partial charge in [0.15, 0.2) is 0 Å². The smallest absolute Gasteiger partial charge is 0.225 e. The van der Waals surface area contributed by atoms with Crippen LogP contribution in [0.2, 0.25) is 0 Å². The summed E-state index contributed by atoms with van der Waals surface area (Å²) in [4.78, 5) is 20.0. The molecule has 1 atom stereocenters. The highest BCUT2D eigenvalue weighted by Crippen LogP contribution is 2.37. The minimum atomic E-state index is 0.0126. The van der Waals surface area contributed by atoms with Gasteiger partial charge in [0, 0.05) is 71.0 Å². The number of likely N-dealkylation sites (N-methyl/N-ethyl adjacent to an activating group) is 1. The molecule has 4 fully saturated rings. The van der Waals surface area contributed by atoms with E-state index in [0.29, 0.717) is 11.9 Å². The Morgan fingerprint density at radius 3 is 2.31 bits per heavy atom. The molecule has 4 aliphatic rings. The summed E-state index contributed by atoms with van der Waals surface area (Å²) in [5, 5.41) is 0. The number of rotatable bonds is 2. The first-order valence-corrected chi connectivity index (χ1v) is 10.6. The summed E-state index contributed by atoms with van der Waals surface area (Å²) in [6.07, 6.45) is 6.11. The molecule has 0 aromatic heterocycles. The van der Waals surface area contributed by atoms with Crippen LogP contribution >= 0.6 is 0 Å². The van der Waals surface area contributed by atoms with Crippen molar-refractivity contribution in [1.82, 2.24) is 14.7 Å². The van der Waals surface area contributed by atoms with Gasteiger partial charge in [0.1, 0.15) is 0 Å². The zero-order valence-electron chi connectivity index (χ0n) is 16.3. The van der Waals surface area contributed by atoms with E-state index in [1.165, 1.54) is 26.2 Å². The summed E-state index contributed by atoms with van der Waals surface area (Å²) < 4.78 is 11.7. The first kappa shape index (κ1) is 18.7. The molecular formula is C20H35N3O3. The third-order valence-electron chi connectivity index (χ3n) is 7.08. The molecule has 0 aromatic carbocycles. The van der Waals surface area contributed by atoms with Crippen LogP contribution in [0.25, 0.3) is 0 Å². The van der Waals surface area contributed by atoms with E-state index in [-0.39, 0.29) is 11.5 Å². The Morgan fingerprint density at radius 1 is 0.923 bits per heavy atom. The average molecular weight is 366 g/mol. The monoisotopic (exact) mass is 365 g/mol. The molecule has 0 radical (unpaired) electrons. The van der Waals surface area contributed by atoms with Gasteiger partial charge in [0.25, 0.3) is 0 Å². The number of likely N-dealkylation sites (tertiary alicyclic amines) is 1. The summed E-state index contributed by atoms with van der Waals surface area (Å²) in [7, 11) is 2.22. The van der Waals surface area contributed by atoms with Crippen LogP contribution in [0.15, 0.2) is 0 Å². The molecule has 0 aromatic rings. The second kappa shape index (κ2) is 8.13. The van der Waals surface area contributed by atoms with Crippen LogP contribution < -0.4 is 0 Å². The summed E-state index contributed by atoms with van der Waals surface area (Å²) in [5.74, 6) is 0.540. The molecule has 6 heteroatoms. The maximum atomic E-state index is 12.8. The lowest BCUT2D eigenvalue weighted by Gasteiger charge is -2.49. The van der Waals surface area contributed by atoms with Gasteiger partial charge in [-0.1, -0.05) is 0 Å². The Balaban J connectivity index is 1.30. The van der Waals surface area contributed by atoms with Crippen molar-refractivity contribution in [3.63, 3.8) is 0 Å². The predicted octanol–water partition coefficient (Wildman–Crippen LogP) is 1.20. The van der Waals surface area contributed by atoms with Crippen LogP contribution in [0.4, 0.5) is 0 Å². The van der Waals surface area contributed by atoms with Crippen molar-refractivity contribution >= 4 is 5.91 Å². The topological polar surface area (TPSA) is 45.2 Å². The fourth-order valence-corrected chi connectivity index (χ4v) is 5.19. The van der Waals surface area contributed by atoms with Gasteiger partial charge in [-0.3, -0.25) is 9.69 Å². The number of nitrogens with zero attached hydrogens (tertiary/aromatic N) is 3. The highest BCUT2D eigenvalue weighted by Gasteiger charge is 2.43. The number of carbonyl (C=O) groups excluding carboxylic acids is 1. The van der Waals surface area contributed by atoms with Crippen molar-refractivity contribution in [1.29, 1.82) is 0 Å². The second-order valence-corrected chi connectivity index (χ2v) is 8.73. The van der Waals surface area contributed by atoms with Crippen molar-refractivity contribution in [3.05, 3.63) is 0 Å². The van der Waals surface area contributed by atoms with E-state index >= 15 is 0 Å². The number of amides is 1. The van der Waals surface area contributed by atoms with Crippen LogP contribution in [0, 0.1) is 5.92 Å². The largest absolute Gasteiger partial charge is 0.381 e. The average Bonchev–Trinajstić information content (AvgIpc) is 2.69. The highest BCUT2D eigenvalue weighted by molar-refractivity contribution is 5.79. The molecule has 0 N–H and O–H groups in total. The molecule has 1 unspecified atom stereocenters. The Bertz CT molecular complexity index is 479. The van der Waals surface area contributed by atoms with Crippen LogP contribution in [0.3, 0.4) is 0 Å². The minimum absolute atomic E-state index is 0.0126. The van der Waals surface area contributed by atoms with E-state index in [2.05, 4.69) is 21.7 Å². The molecule has 0 bridgehead atoms. The fraction of sp³-hybridized carbons (Fsp3) is 0.950. The maximum absolute atomic E-state index is 12.8. The van der Waals surface area contributed by atoms with Gasteiger partial charge < -0.3 is 19.3 Å². The predicted molar refractivity (Wildman–Crippen MR) is 100 cm³/mol. The zero-order valence-corrected chi connectivity index (χ0v) is 16.3. The van der Waals surface area contributed by atoms with Gasteiger partial charge in [-0.05, 0) is 45.6 Å². The lowest BCUT2D eigenvalue weighted by molar-refractivity contribution is -0.154. The molecule has 1 amide bonds. The van der Waals surface area contributed by atoms with Crippen molar-refractivity contribution in [2.45, 2.75) is 50.2 Å². The molecule has 26 heavy (non-hydrogen) atoms. The Hall–Kier alpha value is -0.690. The van der Waals surface area contributed by atoms with Crippen molar-refractivity contribution < 1.29 is 14.3 Å². The minimum Gasteiger partial charge on any atom is -0.381 e. The summed E-state index contributed by atoms with van der Waals surface area (Å²) in [5.41, 5.74) is 0.0126. The van der Waals surface area contributed by atoms with Gasteiger partial charge in [-0.25, -0.2) is 0 Å². The third-order valence-corrected chi connectivity index (χ3v) is 7.08. The molecule has 0 aliphatic carbocycles. The fourth-order valence-electron chi connectivity index (χ4n) is 5.19. The van der Waals surface area contributed by atoms with E-state index < -0.39 is 0 Å². The van der Waals surface area contributed by atoms with Crippen LogP contribution in [0.5, 0.6) is 0 Å². The molecule has 1 spiro atoms. The zero-order chi connectivity index (χ0) is 18.0. The molecular weight excluding hydrogens is 330 g/mol. The van der Waals surface area contributed by atoms with E-state index in [4.69, 9.17) is 9.47 Å². The standard InChI is InChI=1S/C20H35N3O3/c1-21-9-11-22(12-10-21)18-4-15-26-20(16-18)5-7-23(8-6-20)19(24)17-2-13-25-14-3-17/h17-18H,2-16H2,1H3. The Morgan fingerprint density at radius 2 is 1.62 bits per heavy atom. The quantitative estimate of drug-likeness (QED) is 0.736. The molecule has 148 valence electrons. The van der Waals surface area contributed by atoms with Gasteiger partial charge in [0.2, 0.25) is 5.91 Å². The first-order valence-electron chi connectivity index (χ1n) is 10.6. The second-order valence-electron chi connectivity index (χ2n) is 8.73. The Kier molecular flexibility index (Phi) is 5.84. The molecule has 0 saturated carbocycles. The van der Waals surface area contributed by atoms with Crippen LogP contribution in [-0.2, 0) is 14.3 Å². The van der Waals surface area contributed by atoms with Crippen molar-refractivity contribution in [3.8, 4) is 0 Å². The number of piperidine rings is 1. The summed E-state index contributed by atoms with van der Waals surface area (Å²) in [6, 6.07) is 0.662. The molecule has 4 heterocycles. The maximum Gasteiger partial charge on any atom is 0.225 e. The molecule has 4 rings (SSSR count). The van der Waals surface area contributed by atoms with Crippen molar-refractivity contribution in [2.75, 3.05) is 66.1 Å². The van der Waals surface area contributed by atoms with Crippen LogP contribution in [0.1, 0.15) is 38.5 Å². The third kappa shape index (κ3) is 4.08. The molecule has 6 nitrogen and oxygen atoms in total. The van der Waals surface area contributed by atoms with Gasteiger partial charge in [0.05, 0.1) is 5.60 Å². The van der Waals surface area contributed by atoms with Crippen molar-refractivity contribution in [2.24, 2.45) is 5.92 Å². The normalized spacial score (nSPS) is 32.0. The van der Waals surface area contributed by atoms with E-state index in [0.717, 1.165) is 71.4 Å². The van der Waals surface area contributed by atoms with Gasteiger partial charge in [-0.15, -0.1) is 0 Å². The Labute approximate surface area is 157 Å².